The van der Waals surface area contributed by atoms with Crippen molar-refractivity contribution in [3.63, 3.8) is 0 Å². The van der Waals surface area contributed by atoms with Gasteiger partial charge in [-0.25, -0.2) is 4.39 Å². The summed E-state index contributed by atoms with van der Waals surface area (Å²) >= 11 is 5.10. The molecular weight excluding hydrogens is 263 g/mol. The van der Waals surface area contributed by atoms with Crippen LogP contribution < -0.4 is 10.6 Å². The van der Waals surface area contributed by atoms with Crippen LogP contribution in [0.2, 0.25) is 0 Å². The molecule has 0 spiro atoms. The van der Waals surface area contributed by atoms with E-state index >= 15 is 0 Å². The van der Waals surface area contributed by atoms with Crippen molar-refractivity contribution in [2.45, 2.75) is 25.7 Å². The predicted molar refractivity (Wildman–Crippen MR) is 77.5 cm³/mol. The van der Waals surface area contributed by atoms with E-state index in [1.807, 2.05) is 0 Å². The van der Waals surface area contributed by atoms with Gasteiger partial charge < -0.3 is 10.6 Å². The van der Waals surface area contributed by atoms with Gasteiger partial charge in [-0.2, -0.15) is 0 Å². The van der Waals surface area contributed by atoms with Crippen LogP contribution in [-0.2, 0) is 4.79 Å². The van der Waals surface area contributed by atoms with Crippen molar-refractivity contribution in [3.05, 3.63) is 30.1 Å². The number of carbonyl (C=O) groups excluding carboxylic acids is 1. The van der Waals surface area contributed by atoms with E-state index in [1.165, 1.54) is 17.0 Å². The summed E-state index contributed by atoms with van der Waals surface area (Å²) in [5.74, 6) is -0.418. The number of halogens is 1. The Balaban J connectivity index is 2.27. The molecule has 1 aromatic rings. The third kappa shape index (κ3) is 2.47. The Morgan fingerprint density at radius 3 is 2.32 bits per heavy atom. The molecule has 0 atom stereocenters. The van der Waals surface area contributed by atoms with E-state index in [-0.39, 0.29) is 16.7 Å². The smallest absolute Gasteiger partial charge is 0.239 e. The van der Waals surface area contributed by atoms with Gasteiger partial charge in [-0.1, -0.05) is 25.1 Å². The Kier molecular flexibility index (Phi) is 3.85. The number of carbonyl (C=O) groups is 1. The number of anilines is 1. The van der Waals surface area contributed by atoms with Crippen LogP contribution in [0.25, 0.3) is 0 Å². The number of rotatable bonds is 3. The molecule has 1 aliphatic carbocycles. The lowest BCUT2D eigenvalue weighted by molar-refractivity contribution is -0.124. The Bertz CT molecular complexity index is 495. The van der Waals surface area contributed by atoms with E-state index in [0.29, 0.717) is 18.5 Å². The Labute approximate surface area is 117 Å². The van der Waals surface area contributed by atoms with Crippen LogP contribution in [0.4, 0.5) is 10.1 Å². The lowest BCUT2D eigenvalue weighted by Gasteiger charge is -2.31. The van der Waals surface area contributed by atoms with Crippen LogP contribution in [0.15, 0.2) is 24.3 Å². The molecule has 1 aliphatic rings. The summed E-state index contributed by atoms with van der Waals surface area (Å²) in [4.78, 5) is 14.4. The molecule has 1 saturated carbocycles. The second-order valence-electron chi connectivity index (χ2n) is 4.99. The SMILES string of the molecule is CN(C(=O)C1(C(N)=S)CCCC1)c1ccc(F)cc1. The summed E-state index contributed by atoms with van der Waals surface area (Å²) in [6.07, 6.45) is 3.32. The van der Waals surface area contributed by atoms with Crippen LogP contribution in [-0.4, -0.2) is 17.9 Å². The number of amides is 1. The Hall–Kier alpha value is -1.49. The van der Waals surface area contributed by atoms with Crippen molar-refractivity contribution in [3.8, 4) is 0 Å². The Morgan fingerprint density at radius 2 is 1.84 bits per heavy atom. The zero-order valence-corrected chi connectivity index (χ0v) is 11.7. The lowest BCUT2D eigenvalue weighted by atomic mass is 9.84. The molecule has 3 nitrogen and oxygen atoms in total. The fourth-order valence-electron chi connectivity index (χ4n) is 2.65. The standard InChI is InChI=1S/C14H17FN2OS/c1-17(11-6-4-10(15)5-7-11)13(18)14(12(16)19)8-2-3-9-14/h4-7H,2-3,8-9H2,1H3,(H2,16,19). The highest BCUT2D eigenvalue weighted by Crippen LogP contribution is 2.40. The van der Waals surface area contributed by atoms with Crippen LogP contribution >= 0.6 is 12.2 Å². The van der Waals surface area contributed by atoms with E-state index in [9.17, 15) is 9.18 Å². The highest BCUT2D eigenvalue weighted by Gasteiger charge is 2.45. The number of nitrogens with zero attached hydrogens (tertiary/aromatic N) is 1. The first kappa shape index (κ1) is 13.9. The van der Waals surface area contributed by atoms with Crippen LogP contribution in [0.5, 0.6) is 0 Å². The van der Waals surface area contributed by atoms with Gasteiger partial charge in [0, 0.05) is 12.7 Å². The summed E-state index contributed by atoms with van der Waals surface area (Å²) in [6, 6.07) is 5.83. The molecule has 2 N–H and O–H groups in total. The van der Waals surface area contributed by atoms with Gasteiger partial charge in [-0.3, -0.25) is 4.79 Å². The van der Waals surface area contributed by atoms with Gasteiger partial charge in [0.05, 0.1) is 10.4 Å². The molecule has 2 rings (SSSR count). The molecule has 0 heterocycles. The van der Waals surface area contributed by atoms with Crippen LogP contribution in [0.1, 0.15) is 25.7 Å². The second-order valence-corrected chi connectivity index (χ2v) is 5.43. The highest BCUT2D eigenvalue weighted by molar-refractivity contribution is 7.80. The van der Waals surface area contributed by atoms with Gasteiger partial charge in [-0.15, -0.1) is 0 Å². The van der Waals surface area contributed by atoms with E-state index in [2.05, 4.69) is 0 Å². The first-order valence-electron chi connectivity index (χ1n) is 6.31. The summed E-state index contributed by atoms with van der Waals surface area (Å²) < 4.78 is 12.9. The minimum atomic E-state index is -0.724. The molecule has 0 aliphatic heterocycles. The van der Waals surface area contributed by atoms with Crippen molar-refractivity contribution < 1.29 is 9.18 Å². The summed E-state index contributed by atoms with van der Waals surface area (Å²) in [7, 11) is 1.67. The van der Waals surface area contributed by atoms with Gasteiger partial charge in [0.1, 0.15) is 5.82 Å². The zero-order chi connectivity index (χ0) is 14.0. The quantitative estimate of drug-likeness (QED) is 0.866. The topological polar surface area (TPSA) is 46.3 Å². The van der Waals surface area contributed by atoms with Gasteiger partial charge in [0.15, 0.2) is 0 Å². The number of hydrogen-bond donors (Lipinski definition) is 1. The van der Waals surface area contributed by atoms with Crippen LogP contribution in [0, 0.1) is 11.2 Å². The molecule has 0 bridgehead atoms. The maximum Gasteiger partial charge on any atom is 0.239 e. The molecule has 1 fully saturated rings. The third-order valence-corrected chi connectivity index (χ3v) is 4.25. The highest BCUT2D eigenvalue weighted by atomic mass is 32.1. The van der Waals surface area contributed by atoms with E-state index in [4.69, 9.17) is 18.0 Å². The van der Waals surface area contributed by atoms with E-state index < -0.39 is 5.41 Å². The van der Waals surface area contributed by atoms with Crippen molar-refractivity contribution in [2.24, 2.45) is 11.1 Å². The van der Waals surface area contributed by atoms with E-state index in [0.717, 1.165) is 12.8 Å². The van der Waals surface area contributed by atoms with Crippen molar-refractivity contribution in [1.29, 1.82) is 0 Å². The molecular formula is C14H17FN2OS. The first-order chi connectivity index (χ1) is 8.97. The number of thiocarbonyl (C=S) groups is 1. The van der Waals surface area contributed by atoms with E-state index in [1.54, 1.807) is 19.2 Å². The lowest BCUT2D eigenvalue weighted by Crippen LogP contribution is -2.48. The van der Waals surface area contributed by atoms with Gasteiger partial charge >= 0.3 is 0 Å². The number of nitrogens with two attached hydrogens (primary N) is 1. The average Bonchev–Trinajstić information content (AvgIpc) is 2.88. The number of benzene rings is 1. The van der Waals surface area contributed by atoms with Crippen molar-refractivity contribution in [2.75, 3.05) is 11.9 Å². The number of hydrogen-bond acceptors (Lipinski definition) is 2. The predicted octanol–water partition coefficient (Wildman–Crippen LogP) is 2.64. The van der Waals surface area contributed by atoms with Crippen LogP contribution in [0.3, 0.4) is 0 Å². The molecule has 0 unspecified atom stereocenters. The molecule has 102 valence electrons. The van der Waals surface area contributed by atoms with Gasteiger partial charge in [0.2, 0.25) is 5.91 Å². The fourth-order valence-corrected chi connectivity index (χ4v) is 2.94. The summed E-state index contributed by atoms with van der Waals surface area (Å²) in [6.45, 7) is 0. The summed E-state index contributed by atoms with van der Waals surface area (Å²) in [5, 5.41) is 0. The fraction of sp³-hybridized carbons (Fsp3) is 0.429. The minimum absolute atomic E-state index is 0.0934. The van der Waals surface area contributed by atoms with Gasteiger partial charge in [-0.05, 0) is 37.1 Å². The third-order valence-electron chi connectivity index (χ3n) is 3.86. The van der Waals surface area contributed by atoms with Crippen molar-refractivity contribution >= 4 is 28.8 Å². The average molecular weight is 280 g/mol. The monoisotopic (exact) mass is 280 g/mol. The summed E-state index contributed by atoms with van der Waals surface area (Å²) in [5.41, 5.74) is 5.72. The minimum Gasteiger partial charge on any atom is -0.392 e. The normalized spacial score (nSPS) is 17.2. The molecule has 19 heavy (non-hydrogen) atoms. The molecule has 1 amide bonds. The maximum atomic E-state index is 12.9. The molecule has 0 radical (unpaired) electrons. The Morgan fingerprint density at radius 1 is 1.32 bits per heavy atom. The molecule has 5 heteroatoms. The molecule has 1 aromatic carbocycles. The molecule has 0 saturated heterocycles. The zero-order valence-electron chi connectivity index (χ0n) is 10.9. The van der Waals surface area contributed by atoms with Crippen molar-refractivity contribution in [1.82, 2.24) is 0 Å². The van der Waals surface area contributed by atoms with Gasteiger partial charge in [0.25, 0.3) is 0 Å². The maximum absolute atomic E-state index is 12.9. The molecule has 0 aromatic heterocycles. The second kappa shape index (κ2) is 5.25. The first-order valence-corrected chi connectivity index (χ1v) is 6.72. The largest absolute Gasteiger partial charge is 0.392 e.